The van der Waals surface area contributed by atoms with Gasteiger partial charge in [-0.3, -0.25) is 14.9 Å². The molecule has 23 heavy (non-hydrogen) atoms. The van der Waals surface area contributed by atoms with Gasteiger partial charge in [0.1, 0.15) is 6.54 Å². The zero-order valence-corrected chi connectivity index (χ0v) is 12.4. The number of nitrogens with zero attached hydrogens (tertiary/aromatic N) is 4. The highest BCUT2D eigenvalue weighted by atomic mass is 16.6. The second-order valence-electron chi connectivity index (χ2n) is 5.20. The van der Waals surface area contributed by atoms with Crippen molar-refractivity contribution in [2.24, 2.45) is 0 Å². The van der Waals surface area contributed by atoms with Crippen LogP contribution in [0.2, 0.25) is 0 Å². The fraction of sp³-hybridized carbons (Fsp3) is 0.333. The molecule has 2 heterocycles. The molecule has 1 aliphatic heterocycles. The molecule has 1 amide bonds. The number of imidazole rings is 1. The highest BCUT2D eigenvalue weighted by Crippen LogP contribution is 2.22. The highest BCUT2D eigenvalue weighted by molar-refractivity contribution is 5.77. The Bertz CT molecular complexity index is 705. The topological polar surface area (TPSA) is 90.5 Å². The van der Waals surface area contributed by atoms with Gasteiger partial charge in [0, 0.05) is 30.8 Å². The van der Waals surface area contributed by atoms with Crippen LogP contribution in [0.1, 0.15) is 0 Å². The second kappa shape index (κ2) is 6.57. The molecule has 0 radical (unpaired) electrons. The zero-order chi connectivity index (χ0) is 16.2. The minimum absolute atomic E-state index is 0.00876. The Hall–Kier alpha value is -2.74. The standard InChI is InChI=1S/C15H16N4O4/c20-15(17-5-7-23-8-6-17)10-18-11-16-9-14(18)12-1-3-13(4-2-12)19(21)22/h1-4,9,11H,5-8,10H2. The highest BCUT2D eigenvalue weighted by Gasteiger charge is 2.18. The van der Waals surface area contributed by atoms with Crippen LogP contribution in [0.15, 0.2) is 36.8 Å². The first-order chi connectivity index (χ1) is 11.1. The monoisotopic (exact) mass is 316 g/mol. The van der Waals surface area contributed by atoms with E-state index in [-0.39, 0.29) is 18.1 Å². The lowest BCUT2D eigenvalue weighted by molar-refractivity contribution is -0.384. The number of hydrogen-bond donors (Lipinski definition) is 0. The first-order valence-corrected chi connectivity index (χ1v) is 7.25. The Balaban J connectivity index is 1.76. The number of hydrogen-bond acceptors (Lipinski definition) is 5. The van der Waals surface area contributed by atoms with E-state index in [0.29, 0.717) is 26.3 Å². The van der Waals surface area contributed by atoms with Crippen LogP contribution in [0, 0.1) is 10.1 Å². The van der Waals surface area contributed by atoms with Gasteiger partial charge in [-0.25, -0.2) is 4.98 Å². The molecule has 8 nitrogen and oxygen atoms in total. The summed E-state index contributed by atoms with van der Waals surface area (Å²) in [4.78, 5) is 28.5. The normalized spacial score (nSPS) is 14.7. The Kier molecular flexibility index (Phi) is 4.33. The molecular formula is C15H16N4O4. The number of benzene rings is 1. The van der Waals surface area contributed by atoms with Crippen molar-refractivity contribution in [2.75, 3.05) is 26.3 Å². The molecule has 0 N–H and O–H groups in total. The van der Waals surface area contributed by atoms with Crippen LogP contribution in [0.5, 0.6) is 0 Å². The number of aromatic nitrogens is 2. The van der Waals surface area contributed by atoms with Gasteiger partial charge in [0.25, 0.3) is 5.69 Å². The summed E-state index contributed by atoms with van der Waals surface area (Å²) in [6.07, 6.45) is 3.24. The molecule has 2 aromatic rings. The van der Waals surface area contributed by atoms with Crippen LogP contribution in [-0.4, -0.2) is 51.6 Å². The number of carbonyl (C=O) groups excluding carboxylic acids is 1. The summed E-state index contributed by atoms with van der Waals surface area (Å²) in [6, 6.07) is 6.20. The van der Waals surface area contributed by atoms with Crippen LogP contribution < -0.4 is 0 Å². The molecular weight excluding hydrogens is 300 g/mol. The molecule has 1 saturated heterocycles. The summed E-state index contributed by atoms with van der Waals surface area (Å²) >= 11 is 0. The molecule has 120 valence electrons. The lowest BCUT2D eigenvalue weighted by Crippen LogP contribution is -2.42. The maximum atomic E-state index is 12.3. The number of rotatable bonds is 4. The first kappa shape index (κ1) is 15.2. The minimum atomic E-state index is -0.441. The third kappa shape index (κ3) is 3.37. The third-order valence-corrected chi connectivity index (χ3v) is 3.76. The van der Waals surface area contributed by atoms with Crippen molar-refractivity contribution in [3.05, 3.63) is 46.9 Å². The van der Waals surface area contributed by atoms with Gasteiger partial charge in [-0.15, -0.1) is 0 Å². The van der Waals surface area contributed by atoms with E-state index >= 15 is 0 Å². The van der Waals surface area contributed by atoms with Crippen molar-refractivity contribution in [3.8, 4) is 11.3 Å². The van der Waals surface area contributed by atoms with E-state index < -0.39 is 4.92 Å². The molecule has 8 heteroatoms. The summed E-state index contributed by atoms with van der Waals surface area (Å²) in [5, 5.41) is 10.7. The number of non-ortho nitro benzene ring substituents is 1. The Morgan fingerprint density at radius 1 is 1.26 bits per heavy atom. The van der Waals surface area contributed by atoms with Crippen molar-refractivity contribution in [1.82, 2.24) is 14.5 Å². The maximum absolute atomic E-state index is 12.3. The predicted octanol–water partition coefficient (Wildman–Crippen LogP) is 1.32. The average Bonchev–Trinajstić information content (AvgIpc) is 3.04. The number of morpholine rings is 1. The van der Waals surface area contributed by atoms with E-state index in [2.05, 4.69) is 4.98 Å². The molecule has 0 aliphatic carbocycles. The van der Waals surface area contributed by atoms with Crippen LogP contribution in [-0.2, 0) is 16.1 Å². The number of amides is 1. The van der Waals surface area contributed by atoms with Crippen LogP contribution in [0.3, 0.4) is 0 Å². The van der Waals surface area contributed by atoms with E-state index in [9.17, 15) is 14.9 Å². The maximum Gasteiger partial charge on any atom is 0.269 e. The molecule has 0 bridgehead atoms. The Labute approximate surface area is 132 Å². The molecule has 1 aromatic heterocycles. The predicted molar refractivity (Wildman–Crippen MR) is 81.7 cm³/mol. The summed E-state index contributed by atoms with van der Waals surface area (Å²) in [5.74, 6) is 0.00876. The fourth-order valence-corrected chi connectivity index (χ4v) is 2.50. The first-order valence-electron chi connectivity index (χ1n) is 7.25. The summed E-state index contributed by atoms with van der Waals surface area (Å²) in [5.41, 5.74) is 1.56. The van der Waals surface area contributed by atoms with Gasteiger partial charge in [-0.2, -0.15) is 0 Å². The smallest absolute Gasteiger partial charge is 0.269 e. The quantitative estimate of drug-likeness (QED) is 0.626. The molecule has 0 spiro atoms. The molecule has 0 unspecified atom stereocenters. The van der Waals surface area contributed by atoms with E-state index in [1.807, 2.05) is 0 Å². The molecule has 1 aliphatic rings. The number of carbonyl (C=O) groups is 1. The summed E-state index contributed by atoms with van der Waals surface area (Å²) in [7, 11) is 0. The molecule has 0 atom stereocenters. The van der Waals surface area contributed by atoms with E-state index in [0.717, 1.165) is 11.3 Å². The van der Waals surface area contributed by atoms with Crippen molar-refractivity contribution < 1.29 is 14.5 Å². The second-order valence-corrected chi connectivity index (χ2v) is 5.20. The van der Waals surface area contributed by atoms with Gasteiger partial charge in [-0.1, -0.05) is 0 Å². The van der Waals surface area contributed by atoms with Crippen molar-refractivity contribution in [3.63, 3.8) is 0 Å². The Morgan fingerprint density at radius 3 is 2.61 bits per heavy atom. The van der Waals surface area contributed by atoms with Gasteiger partial charge >= 0.3 is 0 Å². The molecule has 1 aromatic carbocycles. The van der Waals surface area contributed by atoms with Crippen molar-refractivity contribution in [2.45, 2.75) is 6.54 Å². The third-order valence-electron chi connectivity index (χ3n) is 3.76. The SMILES string of the molecule is O=C(Cn1cncc1-c1ccc([N+](=O)[O-])cc1)N1CCOCC1. The van der Waals surface area contributed by atoms with Crippen molar-refractivity contribution in [1.29, 1.82) is 0 Å². The van der Waals surface area contributed by atoms with Gasteiger partial charge in [0.2, 0.25) is 5.91 Å². The summed E-state index contributed by atoms with van der Waals surface area (Å²) < 4.78 is 6.99. The van der Waals surface area contributed by atoms with Crippen molar-refractivity contribution >= 4 is 11.6 Å². The molecule has 1 fully saturated rings. The number of nitro benzene ring substituents is 1. The van der Waals surface area contributed by atoms with Crippen LogP contribution in [0.4, 0.5) is 5.69 Å². The minimum Gasteiger partial charge on any atom is -0.378 e. The van der Waals surface area contributed by atoms with Crippen LogP contribution >= 0.6 is 0 Å². The van der Waals surface area contributed by atoms with E-state index in [1.54, 1.807) is 34.1 Å². The fourth-order valence-electron chi connectivity index (χ4n) is 2.50. The largest absolute Gasteiger partial charge is 0.378 e. The number of nitro groups is 1. The zero-order valence-electron chi connectivity index (χ0n) is 12.4. The molecule has 3 rings (SSSR count). The van der Waals surface area contributed by atoms with Gasteiger partial charge in [-0.05, 0) is 12.1 Å². The van der Waals surface area contributed by atoms with E-state index in [1.165, 1.54) is 12.1 Å². The lowest BCUT2D eigenvalue weighted by Gasteiger charge is -2.27. The lowest BCUT2D eigenvalue weighted by atomic mass is 10.1. The summed E-state index contributed by atoms with van der Waals surface area (Å²) in [6.45, 7) is 2.50. The number of ether oxygens (including phenoxy) is 1. The molecule has 0 saturated carbocycles. The van der Waals surface area contributed by atoms with Crippen LogP contribution in [0.25, 0.3) is 11.3 Å². The average molecular weight is 316 g/mol. The van der Waals surface area contributed by atoms with Gasteiger partial charge in [0.05, 0.1) is 36.4 Å². The van der Waals surface area contributed by atoms with Gasteiger partial charge < -0.3 is 14.2 Å². The van der Waals surface area contributed by atoms with Gasteiger partial charge in [0.15, 0.2) is 0 Å². The Morgan fingerprint density at radius 2 is 1.96 bits per heavy atom. The van der Waals surface area contributed by atoms with E-state index in [4.69, 9.17) is 4.74 Å².